The van der Waals surface area contributed by atoms with Crippen LogP contribution in [-0.4, -0.2) is 54.9 Å². The third kappa shape index (κ3) is 4.11. The Morgan fingerprint density at radius 3 is 2.59 bits per heavy atom. The minimum Gasteiger partial charge on any atom is -0.504 e. The van der Waals surface area contributed by atoms with Gasteiger partial charge in [0.05, 0.1) is 16.0 Å². The first-order chi connectivity index (χ1) is 13.9. The fourth-order valence-corrected chi connectivity index (χ4v) is 6.84. The Hall–Kier alpha value is -1.77. The molecule has 4 rings (SSSR count). The van der Waals surface area contributed by atoms with E-state index in [0.29, 0.717) is 12.8 Å². The first-order valence-corrected chi connectivity index (χ1v) is 12.0. The summed E-state index contributed by atoms with van der Waals surface area (Å²) >= 11 is 6.16. The highest BCUT2D eigenvalue weighted by atomic mass is 35.5. The Labute approximate surface area is 176 Å². The summed E-state index contributed by atoms with van der Waals surface area (Å²) in [5.74, 6) is -0.501. The molecule has 3 aliphatic rings. The maximum atomic E-state index is 13.1. The van der Waals surface area contributed by atoms with E-state index in [4.69, 9.17) is 11.6 Å². The summed E-state index contributed by atoms with van der Waals surface area (Å²) in [5.41, 5.74) is 0.0304. The van der Waals surface area contributed by atoms with Crippen molar-refractivity contribution in [1.29, 1.82) is 0 Å². The van der Waals surface area contributed by atoms with Gasteiger partial charge in [0.1, 0.15) is 4.90 Å². The molecule has 2 fully saturated rings. The molecular weight excluding hydrogens is 414 g/mol. The van der Waals surface area contributed by atoms with E-state index in [-0.39, 0.29) is 27.7 Å². The number of hydrogen-bond donors (Lipinski definition) is 3. The highest BCUT2D eigenvalue weighted by molar-refractivity contribution is 7.92. The molecule has 1 unspecified atom stereocenters. The van der Waals surface area contributed by atoms with Gasteiger partial charge in [0.2, 0.25) is 0 Å². The second-order valence-corrected chi connectivity index (χ2v) is 10.6. The van der Waals surface area contributed by atoms with Gasteiger partial charge in [0.15, 0.2) is 15.6 Å². The molecule has 1 saturated heterocycles. The van der Waals surface area contributed by atoms with E-state index < -0.39 is 26.9 Å². The summed E-state index contributed by atoms with van der Waals surface area (Å²) < 4.78 is 26.3. The van der Waals surface area contributed by atoms with Crippen LogP contribution in [0.2, 0.25) is 5.02 Å². The number of phenolic OH excluding ortho intramolecular Hbond substituents is 1. The minimum absolute atomic E-state index is 0.0304. The Morgan fingerprint density at radius 2 is 1.93 bits per heavy atom. The second kappa shape index (κ2) is 8.16. The summed E-state index contributed by atoms with van der Waals surface area (Å²) in [6, 6.07) is 2.53. The van der Waals surface area contributed by atoms with Crippen molar-refractivity contribution in [2.24, 2.45) is 0 Å². The molecule has 1 aliphatic heterocycles. The van der Waals surface area contributed by atoms with Gasteiger partial charge < -0.3 is 20.6 Å². The summed E-state index contributed by atoms with van der Waals surface area (Å²) in [4.78, 5) is 14.3. The number of benzene rings is 1. The van der Waals surface area contributed by atoms with E-state index in [2.05, 4.69) is 15.5 Å². The molecule has 0 radical (unpaired) electrons. The number of nitrogens with one attached hydrogen (secondary N) is 2. The lowest BCUT2D eigenvalue weighted by Gasteiger charge is -2.40. The number of anilines is 1. The number of aromatic hydroxyl groups is 1. The number of carbonyl (C=O) groups excluding carboxylic acids is 1. The Balaban J connectivity index is 1.48. The van der Waals surface area contributed by atoms with Crippen molar-refractivity contribution in [3.8, 4) is 5.75 Å². The summed E-state index contributed by atoms with van der Waals surface area (Å²) in [5, 5.41) is 15.3. The lowest BCUT2D eigenvalue weighted by atomic mass is 9.91. The molecule has 0 spiro atoms. The zero-order chi connectivity index (χ0) is 20.6. The van der Waals surface area contributed by atoms with Gasteiger partial charge in [-0.2, -0.15) is 0 Å². The van der Waals surface area contributed by atoms with Crippen LogP contribution < -0.4 is 10.6 Å². The fourth-order valence-electron chi connectivity index (χ4n) is 4.36. The molecule has 0 bridgehead atoms. The van der Waals surface area contributed by atoms with Gasteiger partial charge in [0.25, 0.3) is 0 Å². The molecule has 9 heteroatoms. The number of sulfone groups is 1. The lowest BCUT2D eigenvalue weighted by Crippen LogP contribution is -2.48. The van der Waals surface area contributed by atoms with Crippen LogP contribution in [-0.2, 0) is 9.84 Å². The third-order valence-electron chi connectivity index (χ3n) is 6.11. The van der Waals surface area contributed by atoms with Crippen LogP contribution in [0.25, 0.3) is 0 Å². The van der Waals surface area contributed by atoms with Crippen molar-refractivity contribution in [2.45, 2.75) is 60.8 Å². The zero-order valence-corrected chi connectivity index (χ0v) is 17.7. The van der Waals surface area contributed by atoms with Gasteiger partial charge in [-0.1, -0.05) is 23.8 Å². The van der Waals surface area contributed by atoms with E-state index in [1.54, 1.807) is 0 Å². The Bertz CT molecular complexity index is 922. The third-order valence-corrected chi connectivity index (χ3v) is 8.78. The van der Waals surface area contributed by atoms with Gasteiger partial charge in [-0.25, -0.2) is 13.2 Å². The van der Waals surface area contributed by atoms with Crippen LogP contribution in [0.5, 0.6) is 5.75 Å². The molecule has 29 heavy (non-hydrogen) atoms. The quantitative estimate of drug-likeness (QED) is 0.483. The van der Waals surface area contributed by atoms with Crippen molar-refractivity contribution in [3.63, 3.8) is 0 Å². The van der Waals surface area contributed by atoms with Crippen LogP contribution in [0.3, 0.4) is 0 Å². The monoisotopic (exact) mass is 439 g/mol. The number of hydrogen-bond acceptors (Lipinski definition) is 5. The molecule has 0 aromatic heterocycles. The normalized spacial score (nSPS) is 27.0. The van der Waals surface area contributed by atoms with Crippen molar-refractivity contribution in [2.75, 3.05) is 18.4 Å². The zero-order valence-electron chi connectivity index (χ0n) is 16.1. The largest absolute Gasteiger partial charge is 0.504 e. The van der Waals surface area contributed by atoms with Crippen molar-refractivity contribution < 1.29 is 18.3 Å². The molecule has 1 aromatic carbocycles. The van der Waals surface area contributed by atoms with Crippen LogP contribution in [0, 0.1) is 0 Å². The Kier molecular flexibility index (Phi) is 5.77. The smallest absolute Gasteiger partial charge is 0.319 e. The lowest BCUT2D eigenvalue weighted by molar-refractivity contribution is 0.161. The first kappa shape index (κ1) is 20.5. The van der Waals surface area contributed by atoms with Crippen molar-refractivity contribution in [3.05, 3.63) is 29.3 Å². The van der Waals surface area contributed by atoms with Gasteiger partial charge in [-0.15, -0.1) is 0 Å². The number of nitrogens with zero attached hydrogens (tertiary/aromatic N) is 1. The number of likely N-dealkylation sites (tertiary alicyclic amines) is 1. The van der Waals surface area contributed by atoms with Crippen molar-refractivity contribution >= 4 is 33.2 Å². The van der Waals surface area contributed by atoms with Crippen molar-refractivity contribution in [1.82, 2.24) is 10.2 Å². The predicted molar refractivity (Wildman–Crippen MR) is 112 cm³/mol. The van der Waals surface area contributed by atoms with Crippen LogP contribution in [0.1, 0.15) is 38.5 Å². The summed E-state index contributed by atoms with van der Waals surface area (Å²) in [7, 11) is -3.80. The molecular formula is C20H26ClN3O4S. The molecule has 2 amide bonds. The van der Waals surface area contributed by atoms with Gasteiger partial charge >= 0.3 is 6.03 Å². The number of allylic oxidation sites excluding steroid dienone is 1. The van der Waals surface area contributed by atoms with Crippen LogP contribution in [0.4, 0.5) is 10.5 Å². The predicted octanol–water partition coefficient (Wildman–Crippen LogP) is 3.29. The molecule has 1 aromatic rings. The van der Waals surface area contributed by atoms with Gasteiger partial charge in [0, 0.05) is 12.1 Å². The first-order valence-electron chi connectivity index (χ1n) is 10.1. The maximum Gasteiger partial charge on any atom is 0.319 e. The summed E-state index contributed by atoms with van der Waals surface area (Å²) in [6.07, 6.45) is 9.03. The molecule has 1 atom stereocenters. The molecule has 158 valence electrons. The SMILES string of the molecule is O=C(Nc1ccc(Cl)c(S(=O)(=O)C2CC(N3CCCC3)C2)c1O)NC1C=CCC1. The number of carbonyl (C=O) groups is 1. The molecule has 3 N–H and O–H groups in total. The number of rotatable bonds is 5. The van der Waals surface area contributed by atoms with E-state index in [0.717, 1.165) is 38.8 Å². The van der Waals surface area contributed by atoms with Crippen LogP contribution >= 0.6 is 11.6 Å². The highest BCUT2D eigenvalue weighted by Gasteiger charge is 2.44. The average molecular weight is 440 g/mol. The van der Waals surface area contributed by atoms with E-state index in [9.17, 15) is 18.3 Å². The maximum absolute atomic E-state index is 13.1. The van der Waals surface area contributed by atoms with Gasteiger partial charge in [-0.3, -0.25) is 0 Å². The molecule has 1 heterocycles. The number of urea groups is 1. The Morgan fingerprint density at radius 1 is 1.21 bits per heavy atom. The average Bonchev–Trinajstić information content (AvgIpc) is 3.30. The van der Waals surface area contributed by atoms with E-state index in [1.165, 1.54) is 12.1 Å². The van der Waals surface area contributed by atoms with E-state index >= 15 is 0 Å². The fraction of sp³-hybridized carbons (Fsp3) is 0.550. The molecule has 2 aliphatic carbocycles. The second-order valence-electron chi connectivity index (χ2n) is 8.02. The van der Waals surface area contributed by atoms with Crippen LogP contribution in [0.15, 0.2) is 29.2 Å². The highest BCUT2D eigenvalue weighted by Crippen LogP contribution is 2.43. The van der Waals surface area contributed by atoms with E-state index in [1.807, 2.05) is 12.2 Å². The summed E-state index contributed by atoms with van der Waals surface area (Å²) in [6.45, 7) is 2.04. The topological polar surface area (TPSA) is 98.7 Å². The number of halogens is 1. The molecule has 1 saturated carbocycles. The standard InChI is InChI=1S/C20H26ClN3O4S/c21-16-7-8-17(23-20(26)22-13-5-1-2-6-13)18(25)19(16)29(27,28)15-11-14(12-15)24-9-3-4-10-24/h1,5,7-8,13-15,25H,2-4,6,9-12H2,(H2,22,23,26). The minimum atomic E-state index is -3.80. The van der Waals surface area contributed by atoms with Gasteiger partial charge in [-0.05, 0) is 63.7 Å². The molecule has 7 nitrogen and oxygen atoms in total. The number of phenols is 1. The number of amides is 2.